The second kappa shape index (κ2) is 8.30. The Morgan fingerprint density at radius 1 is 1.26 bits per heavy atom. The SMILES string of the molecule is CCCCC1(C)OCc2cc(OCCC[Si](Cl)(Cl)Cl)ccc2O1. The normalized spacial score (nSPS) is 20.7. The van der Waals surface area contributed by atoms with Crippen molar-refractivity contribution >= 4 is 39.2 Å². The lowest BCUT2D eigenvalue weighted by Crippen LogP contribution is -2.38. The summed E-state index contributed by atoms with van der Waals surface area (Å²) in [6.45, 7) is 5.23. The minimum Gasteiger partial charge on any atom is -0.494 e. The molecule has 23 heavy (non-hydrogen) atoms. The van der Waals surface area contributed by atoms with Gasteiger partial charge in [-0.3, -0.25) is 0 Å². The molecule has 7 heteroatoms. The molecule has 0 N–H and O–H groups in total. The van der Waals surface area contributed by atoms with Crippen LogP contribution in [0, 0.1) is 0 Å². The monoisotopic (exact) mass is 396 g/mol. The molecule has 130 valence electrons. The van der Waals surface area contributed by atoms with Gasteiger partial charge in [0, 0.05) is 18.9 Å². The van der Waals surface area contributed by atoms with Gasteiger partial charge in [-0.2, -0.15) is 0 Å². The highest BCUT2D eigenvalue weighted by atomic mass is 35.8. The van der Waals surface area contributed by atoms with Crippen molar-refractivity contribution in [1.29, 1.82) is 0 Å². The molecule has 2 rings (SSSR count). The standard InChI is InChI=1S/C16H23Cl3O3Si/c1-3-4-8-16(2)21-12-13-11-14(6-7-15(13)22-16)20-9-5-10-23(17,18)19/h6-7,11H,3-5,8-10,12H2,1-2H3. The van der Waals surface area contributed by atoms with Crippen LogP contribution in [0.25, 0.3) is 0 Å². The average Bonchev–Trinajstić information content (AvgIpc) is 2.49. The van der Waals surface area contributed by atoms with E-state index in [1.54, 1.807) is 0 Å². The van der Waals surface area contributed by atoms with Gasteiger partial charge in [-0.1, -0.05) is 13.3 Å². The highest BCUT2D eigenvalue weighted by molar-refractivity contribution is 7.64. The third-order valence-corrected chi connectivity index (χ3v) is 6.37. The van der Waals surface area contributed by atoms with Gasteiger partial charge in [0.2, 0.25) is 5.79 Å². The first-order valence-electron chi connectivity index (χ1n) is 7.97. The van der Waals surface area contributed by atoms with Gasteiger partial charge in [0.05, 0.1) is 13.2 Å². The van der Waals surface area contributed by atoms with E-state index in [-0.39, 0.29) is 0 Å². The van der Waals surface area contributed by atoms with Crippen molar-refractivity contribution in [1.82, 2.24) is 0 Å². The molecule has 1 heterocycles. The molecule has 3 nitrogen and oxygen atoms in total. The maximum absolute atomic E-state index is 6.02. The van der Waals surface area contributed by atoms with Crippen molar-refractivity contribution in [3.63, 3.8) is 0 Å². The topological polar surface area (TPSA) is 27.7 Å². The summed E-state index contributed by atoms with van der Waals surface area (Å²) in [4.78, 5) is 0. The summed E-state index contributed by atoms with van der Waals surface area (Å²) in [6, 6.07) is 3.87. The zero-order valence-corrected chi connectivity index (χ0v) is 16.8. The molecular formula is C16H23Cl3O3Si. The van der Waals surface area contributed by atoms with Crippen molar-refractivity contribution in [2.24, 2.45) is 0 Å². The highest BCUT2D eigenvalue weighted by Crippen LogP contribution is 2.36. The van der Waals surface area contributed by atoms with E-state index in [0.717, 1.165) is 42.7 Å². The molecule has 1 atom stereocenters. The third kappa shape index (κ3) is 6.35. The van der Waals surface area contributed by atoms with Crippen LogP contribution in [0.15, 0.2) is 18.2 Å². The van der Waals surface area contributed by atoms with Gasteiger partial charge in [-0.15, -0.1) is 33.2 Å². The van der Waals surface area contributed by atoms with Gasteiger partial charge < -0.3 is 14.2 Å². The second-order valence-electron chi connectivity index (χ2n) is 5.96. The quantitative estimate of drug-likeness (QED) is 0.309. The lowest BCUT2D eigenvalue weighted by Gasteiger charge is -2.35. The number of rotatable bonds is 8. The number of halogens is 3. The van der Waals surface area contributed by atoms with Crippen molar-refractivity contribution in [3.05, 3.63) is 23.8 Å². The summed E-state index contributed by atoms with van der Waals surface area (Å²) in [5, 5.41) is 0. The van der Waals surface area contributed by atoms with Crippen LogP contribution >= 0.6 is 33.2 Å². The number of hydrogen-bond acceptors (Lipinski definition) is 3. The van der Waals surface area contributed by atoms with E-state index in [0.29, 0.717) is 19.3 Å². The summed E-state index contributed by atoms with van der Waals surface area (Å²) in [6.07, 6.45) is 3.84. The van der Waals surface area contributed by atoms with Crippen LogP contribution in [0.5, 0.6) is 11.5 Å². The molecule has 0 saturated heterocycles. The first-order valence-corrected chi connectivity index (χ1v) is 13.2. The second-order valence-corrected chi connectivity index (χ2v) is 15.2. The van der Waals surface area contributed by atoms with E-state index in [1.165, 1.54) is 0 Å². The maximum Gasteiger partial charge on any atom is 0.341 e. The molecule has 1 aromatic rings. The van der Waals surface area contributed by atoms with Crippen molar-refractivity contribution in [2.75, 3.05) is 6.61 Å². The fraction of sp³-hybridized carbons (Fsp3) is 0.625. The van der Waals surface area contributed by atoms with Crippen LogP contribution in [-0.2, 0) is 11.3 Å². The first kappa shape index (κ1) is 19.2. The number of ether oxygens (including phenoxy) is 3. The van der Waals surface area contributed by atoms with E-state index in [1.807, 2.05) is 25.1 Å². The van der Waals surface area contributed by atoms with Crippen molar-refractivity contribution in [3.8, 4) is 11.5 Å². The summed E-state index contributed by atoms with van der Waals surface area (Å²) in [7, 11) is 0. The summed E-state index contributed by atoms with van der Waals surface area (Å²) >= 11 is 17.6. The molecule has 0 aromatic heterocycles. The van der Waals surface area contributed by atoms with Crippen LogP contribution in [0.4, 0.5) is 0 Å². The van der Waals surface area contributed by atoms with Crippen LogP contribution in [-0.4, -0.2) is 18.4 Å². The Morgan fingerprint density at radius 2 is 2.04 bits per heavy atom. The minimum absolute atomic E-state index is 0.527. The molecular weight excluding hydrogens is 375 g/mol. The van der Waals surface area contributed by atoms with E-state index in [4.69, 9.17) is 47.4 Å². The Bertz CT molecular complexity index is 522. The molecule has 0 saturated carbocycles. The molecule has 0 bridgehead atoms. The van der Waals surface area contributed by atoms with Gasteiger partial charge in [-0.05, 0) is 37.1 Å². The van der Waals surface area contributed by atoms with Gasteiger partial charge in [0.15, 0.2) is 0 Å². The Labute approximate surface area is 153 Å². The predicted molar refractivity (Wildman–Crippen MR) is 98.0 cm³/mol. The van der Waals surface area contributed by atoms with Crippen molar-refractivity contribution in [2.45, 2.75) is 58.0 Å². The fourth-order valence-corrected chi connectivity index (χ4v) is 4.18. The molecule has 1 aromatic carbocycles. The van der Waals surface area contributed by atoms with Crippen LogP contribution in [0.3, 0.4) is 0 Å². The Kier molecular flexibility index (Phi) is 6.93. The fourth-order valence-electron chi connectivity index (χ4n) is 2.43. The Morgan fingerprint density at radius 3 is 2.74 bits per heavy atom. The van der Waals surface area contributed by atoms with E-state index >= 15 is 0 Å². The van der Waals surface area contributed by atoms with E-state index in [2.05, 4.69) is 6.92 Å². The molecule has 0 amide bonds. The van der Waals surface area contributed by atoms with E-state index in [9.17, 15) is 0 Å². The average molecular weight is 398 g/mol. The summed E-state index contributed by atoms with van der Waals surface area (Å²) < 4.78 is 17.6. The number of benzene rings is 1. The lowest BCUT2D eigenvalue weighted by molar-refractivity contribution is -0.198. The molecule has 0 spiro atoms. The molecule has 1 unspecified atom stereocenters. The van der Waals surface area contributed by atoms with Crippen molar-refractivity contribution < 1.29 is 14.2 Å². The zero-order chi connectivity index (χ0) is 16.9. The minimum atomic E-state index is -2.55. The van der Waals surface area contributed by atoms with Gasteiger partial charge in [0.1, 0.15) is 11.5 Å². The number of fused-ring (bicyclic) bond motifs is 1. The maximum atomic E-state index is 6.02. The number of unbranched alkanes of at least 4 members (excludes halogenated alkanes) is 1. The Hall–Kier alpha value is -0.133. The van der Waals surface area contributed by atoms with Gasteiger partial charge in [0.25, 0.3) is 0 Å². The van der Waals surface area contributed by atoms with Crippen LogP contribution in [0.2, 0.25) is 6.04 Å². The molecule has 0 fully saturated rings. The smallest absolute Gasteiger partial charge is 0.341 e. The lowest BCUT2D eigenvalue weighted by atomic mass is 10.1. The molecule has 0 aliphatic carbocycles. The van der Waals surface area contributed by atoms with Gasteiger partial charge in [-0.25, -0.2) is 0 Å². The Balaban J connectivity index is 1.89. The first-order chi connectivity index (χ1) is 10.8. The number of hydrogen-bond donors (Lipinski definition) is 0. The molecule has 1 aliphatic rings. The summed E-state index contributed by atoms with van der Waals surface area (Å²) in [5.41, 5.74) is 1.01. The van der Waals surface area contributed by atoms with E-state index < -0.39 is 11.8 Å². The predicted octanol–water partition coefficient (Wildman–Crippen LogP) is 5.93. The van der Waals surface area contributed by atoms with Gasteiger partial charge >= 0.3 is 6.00 Å². The van der Waals surface area contributed by atoms with Crippen LogP contribution < -0.4 is 9.47 Å². The highest BCUT2D eigenvalue weighted by Gasteiger charge is 2.32. The largest absolute Gasteiger partial charge is 0.494 e. The molecule has 1 aliphatic heterocycles. The molecule has 0 radical (unpaired) electrons. The van der Waals surface area contributed by atoms with Crippen LogP contribution in [0.1, 0.15) is 45.1 Å². The third-order valence-electron chi connectivity index (χ3n) is 3.75. The summed E-state index contributed by atoms with van der Waals surface area (Å²) in [5.74, 6) is 1.13. The zero-order valence-electron chi connectivity index (χ0n) is 13.5.